The SMILES string of the molecule is C[Si](C)(C)/C=C\C(CCO)c1ccccc1. The Kier molecular flexibility index (Phi) is 4.96. The highest BCUT2D eigenvalue weighted by Crippen LogP contribution is 2.21. The van der Waals surface area contributed by atoms with Crippen LogP contribution in [0.5, 0.6) is 0 Å². The summed E-state index contributed by atoms with van der Waals surface area (Å²) in [7, 11) is -1.14. The Morgan fingerprint density at radius 3 is 2.31 bits per heavy atom. The van der Waals surface area contributed by atoms with Crippen LogP contribution in [0, 0.1) is 0 Å². The first-order valence-electron chi connectivity index (χ1n) is 5.88. The second-order valence-electron chi connectivity index (χ2n) is 5.25. The Labute approximate surface area is 99.8 Å². The highest BCUT2D eigenvalue weighted by Gasteiger charge is 2.11. The van der Waals surface area contributed by atoms with E-state index >= 15 is 0 Å². The molecule has 0 radical (unpaired) electrons. The van der Waals surface area contributed by atoms with E-state index in [1.807, 2.05) is 6.07 Å². The van der Waals surface area contributed by atoms with Gasteiger partial charge in [0.25, 0.3) is 0 Å². The average molecular weight is 234 g/mol. The zero-order valence-electron chi connectivity index (χ0n) is 10.5. The van der Waals surface area contributed by atoms with Gasteiger partial charge < -0.3 is 5.11 Å². The quantitative estimate of drug-likeness (QED) is 0.772. The van der Waals surface area contributed by atoms with Gasteiger partial charge in [-0.3, -0.25) is 0 Å². The van der Waals surface area contributed by atoms with E-state index in [0.29, 0.717) is 5.92 Å². The van der Waals surface area contributed by atoms with E-state index in [4.69, 9.17) is 5.11 Å². The molecule has 0 aliphatic carbocycles. The van der Waals surface area contributed by atoms with Crippen molar-refractivity contribution in [1.29, 1.82) is 0 Å². The van der Waals surface area contributed by atoms with Crippen molar-refractivity contribution in [2.45, 2.75) is 32.0 Å². The Bertz CT molecular complexity index is 324. The number of rotatable bonds is 5. The van der Waals surface area contributed by atoms with Gasteiger partial charge in [0.05, 0.1) is 8.07 Å². The first-order chi connectivity index (χ1) is 7.53. The Morgan fingerprint density at radius 2 is 1.81 bits per heavy atom. The molecule has 1 aromatic carbocycles. The predicted octanol–water partition coefficient (Wildman–Crippen LogP) is 3.59. The normalized spacial score (nSPS) is 14.2. The second-order valence-corrected chi connectivity index (χ2v) is 10.3. The van der Waals surface area contributed by atoms with Gasteiger partial charge in [0.15, 0.2) is 0 Å². The topological polar surface area (TPSA) is 20.2 Å². The average Bonchev–Trinajstić information content (AvgIpc) is 2.24. The number of hydrogen-bond acceptors (Lipinski definition) is 1. The molecule has 1 N–H and O–H groups in total. The Morgan fingerprint density at radius 1 is 1.19 bits per heavy atom. The molecule has 0 fully saturated rings. The van der Waals surface area contributed by atoms with Gasteiger partial charge >= 0.3 is 0 Å². The van der Waals surface area contributed by atoms with Gasteiger partial charge in [-0.25, -0.2) is 0 Å². The number of benzene rings is 1. The first kappa shape index (κ1) is 13.2. The second kappa shape index (κ2) is 6.02. The third kappa shape index (κ3) is 4.77. The summed E-state index contributed by atoms with van der Waals surface area (Å²) >= 11 is 0. The lowest BCUT2D eigenvalue weighted by Crippen LogP contribution is -2.16. The third-order valence-corrected chi connectivity index (χ3v) is 3.69. The maximum atomic E-state index is 9.10. The van der Waals surface area contributed by atoms with Crippen molar-refractivity contribution in [3.8, 4) is 0 Å². The van der Waals surface area contributed by atoms with Crippen LogP contribution in [0.1, 0.15) is 17.9 Å². The molecule has 0 bridgehead atoms. The van der Waals surface area contributed by atoms with Crippen molar-refractivity contribution in [3.05, 3.63) is 47.7 Å². The summed E-state index contributed by atoms with van der Waals surface area (Å²) in [5.41, 5.74) is 3.66. The van der Waals surface area contributed by atoms with Gasteiger partial charge in [-0.05, 0) is 12.0 Å². The fourth-order valence-corrected chi connectivity index (χ4v) is 2.43. The van der Waals surface area contributed by atoms with Crippen molar-refractivity contribution >= 4 is 8.07 Å². The maximum absolute atomic E-state index is 9.10. The van der Waals surface area contributed by atoms with Gasteiger partial charge in [0.2, 0.25) is 0 Å². The predicted molar refractivity (Wildman–Crippen MR) is 73.4 cm³/mol. The summed E-state index contributed by atoms with van der Waals surface area (Å²) in [6.45, 7) is 7.22. The minimum absolute atomic E-state index is 0.246. The molecule has 1 rings (SSSR count). The number of hydrogen-bond donors (Lipinski definition) is 1. The number of allylic oxidation sites excluding steroid dienone is 1. The summed E-state index contributed by atoms with van der Waals surface area (Å²) in [4.78, 5) is 0. The molecule has 0 amide bonds. The summed E-state index contributed by atoms with van der Waals surface area (Å²) in [5, 5.41) is 9.10. The fraction of sp³-hybridized carbons (Fsp3) is 0.429. The number of aliphatic hydroxyl groups is 1. The van der Waals surface area contributed by atoms with Crippen molar-refractivity contribution in [1.82, 2.24) is 0 Å². The van der Waals surface area contributed by atoms with E-state index < -0.39 is 8.07 Å². The van der Waals surface area contributed by atoms with Gasteiger partial charge in [-0.2, -0.15) is 0 Å². The molecule has 0 aromatic heterocycles. The monoisotopic (exact) mass is 234 g/mol. The van der Waals surface area contributed by atoms with Crippen LogP contribution in [-0.2, 0) is 0 Å². The summed E-state index contributed by atoms with van der Waals surface area (Å²) in [6.07, 6.45) is 3.09. The summed E-state index contributed by atoms with van der Waals surface area (Å²) < 4.78 is 0. The molecule has 0 aliphatic heterocycles. The molecule has 0 heterocycles. The van der Waals surface area contributed by atoms with E-state index in [1.165, 1.54) is 5.56 Å². The van der Waals surface area contributed by atoms with E-state index in [9.17, 15) is 0 Å². The summed E-state index contributed by atoms with van der Waals surface area (Å²) in [5.74, 6) is 0.359. The van der Waals surface area contributed by atoms with Crippen molar-refractivity contribution < 1.29 is 5.11 Å². The third-order valence-electron chi connectivity index (χ3n) is 2.50. The van der Waals surface area contributed by atoms with Crippen molar-refractivity contribution in [2.24, 2.45) is 0 Å². The molecular formula is C14H22OSi. The lowest BCUT2D eigenvalue weighted by Gasteiger charge is -2.15. The Hall–Kier alpha value is -0.863. The lowest BCUT2D eigenvalue weighted by molar-refractivity contribution is 0.283. The zero-order chi connectivity index (χ0) is 12.0. The van der Waals surface area contributed by atoms with Crippen LogP contribution in [0.25, 0.3) is 0 Å². The molecule has 16 heavy (non-hydrogen) atoms. The largest absolute Gasteiger partial charge is 0.396 e. The molecule has 88 valence electrons. The van der Waals surface area contributed by atoms with Crippen LogP contribution in [-0.4, -0.2) is 19.8 Å². The number of aliphatic hydroxyl groups excluding tert-OH is 1. The van der Waals surface area contributed by atoms with Gasteiger partial charge in [0.1, 0.15) is 0 Å². The van der Waals surface area contributed by atoms with Crippen molar-refractivity contribution in [2.75, 3.05) is 6.61 Å². The highest BCUT2D eigenvalue weighted by atomic mass is 28.3. The first-order valence-corrected chi connectivity index (χ1v) is 9.46. The molecule has 2 heteroatoms. The molecule has 0 saturated heterocycles. The lowest BCUT2D eigenvalue weighted by atomic mass is 9.96. The van der Waals surface area contributed by atoms with E-state index in [2.05, 4.69) is 55.7 Å². The van der Waals surface area contributed by atoms with Crippen LogP contribution in [0.15, 0.2) is 42.1 Å². The van der Waals surface area contributed by atoms with Crippen LogP contribution in [0.2, 0.25) is 19.6 Å². The van der Waals surface area contributed by atoms with E-state index in [1.54, 1.807) is 0 Å². The molecule has 1 nitrogen and oxygen atoms in total. The van der Waals surface area contributed by atoms with Gasteiger partial charge in [-0.1, -0.05) is 61.7 Å². The molecule has 1 unspecified atom stereocenters. The van der Waals surface area contributed by atoms with E-state index in [0.717, 1.165) is 6.42 Å². The molecule has 0 aliphatic rings. The molecule has 1 atom stereocenters. The van der Waals surface area contributed by atoms with Crippen LogP contribution in [0.3, 0.4) is 0 Å². The molecule has 0 saturated carbocycles. The minimum Gasteiger partial charge on any atom is -0.396 e. The summed E-state index contributed by atoms with van der Waals surface area (Å²) in [6, 6.07) is 10.4. The standard InChI is InChI=1S/C14H22OSi/c1-16(2,3)12-10-14(9-11-15)13-7-5-4-6-8-13/h4-8,10,12,14-15H,9,11H2,1-3H3/b12-10-. The Balaban J connectivity index is 2.80. The maximum Gasteiger partial charge on any atom is 0.0683 e. The molecular weight excluding hydrogens is 212 g/mol. The van der Waals surface area contributed by atoms with Gasteiger partial charge in [0, 0.05) is 12.5 Å². The van der Waals surface area contributed by atoms with Gasteiger partial charge in [-0.15, -0.1) is 0 Å². The smallest absolute Gasteiger partial charge is 0.0683 e. The zero-order valence-corrected chi connectivity index (χ0v) is 11.5. The van der Waals surface area contributed by atoms with Crippen molar-refractivity contribution in [3.63, 3.8) is 0 Å². The minimum atomic E-state index is -1.14. The fourth-order valence-electron chi connectivity index (χ4n) is 1.62. The van der Waals surface area contributed by atoms with E-state index in [-0.39, 0.29) is 6.61 Å². The van der Waals surface area contributed by atoms with Crippen LogP contribution >= 0.6 is 0 Å². The van der Waals surface area contributed by atoms with Crippen LogP contribution < -0.4 is 0 Å². The molecule has 1 aromatic rings. The highest BCUT2D eigenvalue weighted by molar-refractivity contribution is 6.80. The van der Waals surface area contributed by atoms with Crippen LogP contribution in [0.4, 0.5) is 0 Å². The molecule has 0 spiro atoms.